The molecule has 2 aromatic carbocycles. The van der Waals surface area contributed by atoms with Crippen molar-refractivity contribution in [1.29, 1.82) is 0 Å². The van der Waals surface area contributed by atoms with Crippen LogP contribution in [0.3, 0.4) is 0 Å². The van der Waals surface area contributed by atoms with Gasteiger partial charge in [0.05, 0.1) is 12.1 Å². The number of fused-ring (bicyclic) bond motifs is 1. The highest BCUT2D eigenvalue weighted by Crippen LogP contribution is 2.36. The number of para-hydroxylation sites is 1. The number of H-pyrrole nitrogens is 1. The number of aromatic amines is 1. The van der Waals surface area contributed by atoms with Gasteiger partial charge in [0, 0.05) is 23.1 Å². The molecule has 0 saturated carbocycles. The summed E-state index contributed by atoms with van der Waals surface area (Å²) in [5, 5.41) is 21.8. The third-order valence-corrected chi connectivity index (χ3v) is 5.03. The van der Waals surface area contributed by atoms with Crippen molar-refractivity contribution in [3.05, 3.63) is 59.0 Å². The molecule has 7 nitrogen and oxygen atoms in total. The van der Waals surface area contributed by atoms with Crippen LogP contribution in [0.2, 0.25) is 0 Å². The molecule has 1 amide bonds. The number of aliphatic hydroxyl groups excluding tert-OH is 1. The molecule has 0 aliphatic heterocycles. The van der Waals surface area contributed by atoms with E-state index in [1.807, 2.05) is 32.0 Å². The molecular weight excluding hydrogens is 389 g/mol. The van der Waals surface area contributed by atoms with Crippen LogP contribution in [0.1, 0.15) is 41.4 Å². The van der Waals surface area contributed by atoms with E-state index in [1.54, 1.807) is 6.07 Å². The molecule has 0 radical (unpaired) electrons. The number of nitrogens with one attached hydrogen (secondary N) is 2. The number of aliphatic hydroxyl groups is 1. The zero-order valence-electron chi connectivity index (χ0n) is 16.7. The fourth-order valence-electron chi connectivity index (χ4n) is 3.42. The van der Waals surface area contributed by atoms with Gasteiger partial charge in [0.25, 0.3) is 0 Å². The Hall–Kier alpha value is -3.23. The summed E-state index contributed by atoms with van der Waals surface area (Å²) in [7, 11) is 0. The zero-order valence-corrected chi connectivity index (χ0v) is 16.7. The van der Waals surface area contributed by atoms with Crippen LogP contribution in [0, 0.1) is 5.82 Å². The first kappa shape index (κ1) is 21.5. The van der Waals surface area contributed by atoms with Crippen molar-refractivity contribution in [3.63, 3.8) is 0 Å². The van der Waals surface area contributed by atoms with Gasteiger partial charge in [0.1, 0.15) is 17.6 Å². The Morgan fingerprint density at radius 2 is 1.97 bits per heavy atom. The minimum Gasteiger partial charge on any atom is -0.477 e. The predicted molar refractivity (Wildman–Crippen MR) is 112 cm³/mol. The smallest absolute Gasteiger partial charge is 0.352 e. The Kier molecular flexibility index (Phi) is 6.19. The third-order valence-electron chi connectivity index (χ3n) is 5.03. The number of amides is 1. The van der Waals surface area contributed by atoms with Crippen LogP contribution in [0.25, 0.3) is 22.0 Å². The molecular formula is C22H24FN3O4. The minimum atomic E-state index is -1.13. The fraction of sp³-hybridized carbons (Fsp3) is 0.273. The van der Waals surface area contributed by atoms with Gasteiger partial charge in [-0.05, 0) is 23.1 Å². The fourth-order valence-corrected chi connectivity index (χ4v) is 3.42. The molecule has 30 heavy (non-hydrogen) atoms. The van der Waals surface area contributed by atoms with E-state index in [1.165, 1.54) is 12.1 Å². The van der Waals surface area contributed by atoms with Gasteiger partial charge in [0.15, 0.2) is 0 Å². The standard InChI is InChI=1S/C22H24FN3O4/c1-11(2)14-4-3-5-15-18(20(22(29)30)26-19(14)15)12-6-7-13(16(23)8-12)9-25-21(28)17(24)10-27/h3-8,11,17,26-27H,9-10,24H2,1-2H3,(H,25,28)(H,29,30)/t17-/m0/s1. The normalized spacial score (nSPS) is 12.3. The average Bonchev–Trinajstić information content (AvgIpc) is 3.11. The maximum atomic E-state index is 14.7. The molecule has 6 N–H and O–H groups in total. The van der Waals surface area contributed by atoms with Gasteiger partial charge in [-0.2, -0.15) is 0 Å². The molecule has 1 aromatic heterocycles. The number of nitrogens with two attached hydrogens (primary N) is 1. The molecule has 0 bridgehead atoms. The van der Waals surface area contributed by atoms with Crippen molar-refractivity contribution in [2.24, 2.45) is 5.73 Å². The monoisotopic (exact) mass is 413 g/mol. The molecule has 3 aromatic rings. The number of aromatic carboxylic acids is 1. The van der Waals surface area contributed by atoms with Gasteiger partial charge in [-0.3, -0.25) is 4.79 Å². The summed E-state index contributed by atoms with van der Waals surface area (Å²) < 4.78 is 14.7. The van der Waals surface area contributed by atoms with Crippen molar-refractivity contribution in [2.75, 3.05) is 6.61 Å². The zero-order chi connectivity index (χ0) is 22.0. The van der Waals surface area contributed by atoms with Crippen molar-refractivity contribution in [3.8, 4) is 11.1 Å². The lowest BCUT2D eigenvalue weighted by Gasteiger charge is -2.11. The van der Waals surface area contributed by atoms with Crippen LogP contribution in [0.4, 0.5) is 4.39 Å². The van der Waals surface area contributed by atoms with Crippen molar-refractivity contribution in [2.45, 2.75) is 32.4 Å². The first-order valence-electron chi connectivity index (χ1n) is 9.55. The molecule has 158 valence electrons. The molecule has 0 aliphatic carbocycles. The number of hydrogen-bond acceptors (Lipinski definition) is 4. The molecule has 8 heteroatoms. The summed E-state index contributed by atoms with van der Waals surface area (Å²) in [6.45, 7) is 3.42. The van der Waals surface area contributed by atoms with Gasteiger partial charge in [-0.25, -0.2) is 9.18 Å². The van der Waals surface area contributed by atoms with E-state index in [0.29, 0.717) is 16.5 Å². The van der Waals surface area contributed by atoms with Crippen LogP contribution in [-0.2, 0) is 11.3 Å². The molecule has 0 fully saturated rings. The van der Waals surface area contributed by atoms with Crippen LogP contribution in [-0.4, -0.2) is 39.7 Å². The second kappa shape index (κ2) is 8.64. The van der Waals surface area contributed by atoms with Gasteiger partial charge < -0.3 is 26.2 Å². The summed E-state index contributed by atoms with van der Waals surface area (Å²) in [5.41, 5.74) is 8.16. The molecule has 1 atom stereocenters. The first-order chi connectivity index (χ1) is 14.2. The number of carboxylic acid groups (broad SMARTS) is 1. The van der Waals surface area contributed by atoms with Crippen molar-refractivity contribution in [1.82, 2.24) is 10.3 Å². The van der Waals surface area contributed by atoms with E-state index in [-0.39, 0.29) is 23.7 Å². The second-order valence-corrected chi connectivity index (χ2v) is 7.42. The molecule has 0 aliphatic rings. The number of aromatic nitrogens is 1. The molecule has 0 spiro atoms. The largest absolute Gasteiger partial charge is 0.477 e. The van der Waals surface area contributed by atoms with E-state index >= 15 is 0 Å². The third kappa shape index (κ3) is 4.05. The van der Waals surface area contributed by atoms with Gasteiger partial charge >= 0.3 is 5.97 Å². The second-order valence-electron chi connectivity index (χ2n) is 7.42. The number of rotatable bonds is 7. The Labute approximate surface area is 172 Å². The molecule has 3 rings (SSSR count). The number of carboxylic acids is 1. The van der Waals surface area contributed by atoms with Crippen LogP contribution < -0.4 is 11.1 Å². The van der Waals surface area contributed by atoms with E-state index in [4.69, 9.17) is 10.8 Å². The van der Waals surface area contributed by atoms with E-state index in [2.05, 4.69) is 10.3 Å². The Bertz CT molecular complexity index is 1110. The van der Waals surface area contributed by atoms with E-state index in [0.717, 1.165) is 11.1 Å². The number of carbonyl (C=O) groups excluding carboxylic acids is 1. The van der Waals surface area contributed by atoms with Crippen LogP contribution >= 0.6 is 0 Å². The maximum absolute atomic E-state index is 14.7. The lowest BCUT2D eigenvalue weighted by Crippen LogP contribution is -2.42. The minimum absolute atomic E-state index is 0.00697. The molecule has 1 heterocycles. The quantitative estimate of drug-likeness (QED) is 0.407. The summed E-state index contributed by atoms with van der Waals surface area (Å²) >= 11 is 0. The van der Waals surface area contributed by atoms with Gasteiger partial charge in [-0.15, -0.1) is 0 Å². The average molecular weight is 413 g/mol. The van der Waals surface area contributed by atoms with Crippen molar-refractivity contribution >= 4 is 22.8 Å². The lowest BCUT2D eigenvalue weighted by molar-refractivity contribution is -0.123. The Morgan fingerprint density at radius 1 is 1.23 bits per heavy atom. The number of hydrogen-bond donors (Lipinski definition) is 5. The Balaban J connectivity index is 2.03. The van der Waals surface area contributed by atoms with E-state index in [9.17, 15) is 19.1 Å². The van der Waals surface area contributed by atoms with Gasteiger partial charge in [-0.1, -0.05) is 44.2 Å². The topological polar surface area (TPSA) is 128 Å². The summed E-state index contributed by atoms with van der Waals surface area (Å²) in [4.78, 5) is 26.5. The number of halogens is 1. The Morgan fingerprint density at radius 3 is 2.57 bits per heavy atom. The first-order valence-corrected chi connectivity index (χ1v) is 9.55. The predicted octanol–water partition coefficient (Wildman–Crippen LogP) is 2.73. The van der Waals surface area contributed by atoms with Crippen LogP contribution in [0.5, 0.6) is 0 Å². The van der Waals surface area contributed by atoms with Gasteiger partial charge in [0.2, 0.25) is 5.91 Å². The molecule has 0 saturated heterocycles. The number of carbonyl (C=O) groups is 2. The summed E-state index contributed by atoms with van der Waals surface area (Å²) in [6, 6.07) is 8.88. The van der Waals surface area contributed by atoms with Crippen molar-refractivity contribution < 1.29 is 24.2 Å². The SMILES string of the molecule is CC(C)c1cccc2c(-c3ccc(CNC(=O)[C@@H](N)CO)c(F)c3)c(C(=O)O)[nH]c12. The highest BCUT2D eigenvalue weighted by atomic mass is 19.1. The highest BCUT2D eigenvalue weighted by Gasteiger charge is 2.22. The van der Waals surface area contributed by atoms with Crippen LogP contribution in [0.15, 0.2) is 36.4 Å². The summed E-state index contributed by atoms with van der Waals surface area (Å²) in [5.74, 6) is -2.14. The highest BCUT2D eigenvalue weighted by molar-refractivity contribution is 6.08. The summed E-state index contributed by atoms with van der Waals surface area (Å²) in [6.07, 6.45) is 0. The van der Waals surface area contributed by atoms with E-state index < -0.39 is 30.3 Å². The lowest BCUT2D eigenvalue weighted by atomic mass is 9.96. The maximum Gasteiger partial charge on any atom is 0.352 e. The number of benzene rings is 2. The molecule has 0 unspecified atom stereocenters.